The molecule has 1 aromatic carbocycles. The molecule has 1 heterocycles. The van der Waals surface area contributed by atoms with Gasteiger partial charge in [0.15, 0.2) is 0 Å². The van der Waals surface area contributed by atoms with Crippen molar-refractivity contribution in [3.63, 3.8) is 0 Å². The monoisotopic (exact) mass is 289 g/mol. The van der Waals surface area contributed by atoms with Crippen molar-refractivity contribution in [3.8, 4) is 0 Å². The van der Waals surface area contributed by atoms with Gasteiger partial charge in [-0.05, 0) is 36.1 Å². The lowest BCUT2D eigenvalue weighted by Gasteiger charge is -2.19. The maximum atomic E-state index is 12.2. The quantitative estimate of drug-likeness (QED) is 0.752. The number of hydrogen-bond acceptors (Lipinski definition) is 3. The highest BCUT2D eigenvalue weighted by molar-refractivity contribution is 5.98. The zero-order valence-electron chi connectivity index (χ0n) is 12.7. The normalized spacial score (nSPS) is 13.7. The van der Waals surface area contributed by atoms with Crippen LogP contribution in [0, 0.1) is 5.92 Å². The molecule has 0 saturated heterocycles. The molecule has 0 aromatic heterocycles. The van der Waals surface area contributed by atoms with Gasteiger partial charge in [0.25, 0.3) is 5.91 Å². The molecule has 2 rings (SSSR count). The second-order valence-corrected chi connectivity index (χ2v) is 5.75. The molecule has 0 saturated carbocycles. The second-order valence-electron chi connectivity index (χ2n) is 5.75. The summed E-state index contributed by atoms with van der Waals surface area (Å²) in [7, 11) is 0. The Morgan fingerprint density at radius 1 is 1.29 bits per heavy atom. The van der Waals surface area contributed by atoms with Crippen molar-refractivity contribution in [3.05, 3.63) is 34.9 Å². The van der Waals surface area contributed by atoms with Crippen LogP contribution in [-0.2, 0) is 17.8 Å². The van der Waals surface area contributed by atoms with E-state index >= 15 is 0 Å². The van der Waals surface area contributed by atoms with Gasteiger partial charge in [0.05, 0.1) is 6.54 Å². The SMILES string of the molecule is CC(C)CNC(=O)CNC(=O)c1cccc2c1CCNC2. The fourth-order valence-electron chi connectivity index (χ4n) is 2.38. The third-order valence-electron chi connectivity index (χ3n) is 3.50. The summed E-state index contributed by atoms with van der Waals surface area (Å²) in [5.74, 6) is 0.0789. The summed E-state index contributed by atoms with van der Waals surface area (Å²) in [5, 5.41) is 8.78. The number of nitrogens with one attached hydrogen (secondary N) is 3. The van der Waals surface area contributed by atoms with Gasteiger partial charge in [0.1, 0.15) is 0 Å². The Kier molecular flexibility index (Phi) is 5.33. The van der Waals surface area contributed by atoms with E-state index < -0.39 is 0 Å². The predicted molar refractivity (Wildman–Crippen MR) is 82.0 cm³/mol. The van der Waals surface area contributed by atoms with Crippen molar-refractivity contribution in [1.29, 1.82) is 0 Å². The van der Waals surface area contributed by atoms with E-state index in [0.717, 1.165) is 30.6 Å². The van der Waals surface area contributed by atoms with E-state index in [4.69, 9.17) is 0 Å². The van der Waals surface area contributed by atoms with E-state index in [1.165, 1.54) is 0 Å². The molecule has 5 nitrogen and oxygen atoms in total. The van der Waals surface area contributed by atoms with Crippen molar-refractivity contribution in [2.24, 2.45) is 5.92 Å². The minimum absolute atomic E-state index is 0.0213. The van der Waals surface area contributed by atoms with Crippen molar-refractivity contribution in [2.75, 3.05) is 19.6 Å². The summed E-state index contributed by atoms with van der Waals surface area (Å²) in [5.41, 5.74) is 2.94. The molecule has 0 unspecified atom stereocenters. The van der Waals surface area contributed by atoms with E-state index in [9.17, 15) is 9.59 Å². The third-order valence-corrected chi connectivity index (χ3v) is 3.50. The molecule has 0 aliphatic carbocycles. The molecular weight excluding hydrogens is 266 g/mol. The molecule has 5 heteroatoms. The van der Waals surface area contributed by atoms with Crippen LogP contribution in [0.15, 0.2) is 18.2 Å². The van der Waals surface area contributed by atoms with Gasteiger partial charge in [-0.2, -0.15) is 0 Å². The summed E-state index contributed by atoms with van der Waals surface area (Å²) in [4.78, 5) is 23.9. The summed E-state index contributed by atoms with van der Waals surface area (Å²) in [6.45, 7) is 6.39. The summed E-state index contributed by atoms with van der Waals surface area (Å²) < 4.78 is 0. The first kappa shape index (κ1) is 15.5. The summed E-state index contributed by atoms with van der Waals surface area (Å²) in [6, 6.07) is 5.75. The highest BCUT2D eigenvalue weighted by atomic mass is 16.2. The number of rotatable bonds is 5. The number of carbonyl (C=O) groups excluding carboxylic acids is 2. The number of carbonyl (C=O) groups is 2. The van der Waals surface area contributed by atoms with Crippen molar-refractivity contribution in [1.82, 2.24) is 16.0 Å². The van der Waals surface area contributed by atoms with Crippen LogP contribution in [0.5, 0.6) is 0 Å². The molecule has 0 fully saturated rings. The molecule has 0 atom stereocenters. The fraction of sp³-hybridized carbons (Fsp3) is 0.500. The van der Waals surface area contributed by atoms with E-state index in [-0.39, 0.29) is 18.4 Å². The topological polar surface area (TPSA) is 70.2 Å². The molecule has 1 aliphatic rings. The van der Waals surface area contributed by atoms with Gasteiger partial charge in [-0.3, -0.25) is 9.59 Å². The second kappa shape index (κ2) is 7.22. The van der Waals surface area contributed by atoms with Crippen LogP contribution in [0.3, 0.4) is 0 Å². The van der Waals surface area contributed by atoms with Crippen LogP contribution in [-0.4, -0.2) is 31.4 Å². The molecule has 114 valence electrons. The lowest BCUT2D eigenvalue weighted by atomic mass is 9.95. The average Bonchev–Trinajstić information content (AvgIpc) is 2.50. The van der Waals surface area contributed by atoms with Crippen molar-refractivity contribution >= 4 is 11.8 Å². The fourth-order valence-corrected chi connectivity index (χ4v) is 2.38. The molecule has 0 bridgehead atoms. The van der Waals surface area contributed by atoms with Crippen LogP contribution in [0.2, 0.25) is 0 Å². The Hall–Kier alpha value is -1.88. The minimum Gasteiger partial charge on any atom is -0.354 e. The Morgan fingerprint density at radius 3 is 2.86 bits per heavy atom. The lowest BCUT2D eigenvalue weighted by molar-refractivity contribution is -0.120. The van der Waals surface area contributed by atoms with Crippen molar-refractivity contribution < 1.29 is 9.59 Å². The first-order valence-corrected chi connectivity index (χ1v) is 7.44. The van der Waals surface area contributed by atoms with Gasteiger partial charge in [-0.15, -0.1) is 0 Å². The van der Waals surface area contributed by atoms with Gasteiger partial charge in [-0.1, -0.05) is 26.0 Å². The maximum absolute atomic E-state index is 12.2. The molecule has 3 N–H and O–H groups in total. The highest BCUT2D eigenvalue weighted by Gasteiger charge is 2.17. The smallest absolute Gasteiger partial charge is 0.252 e. The van der Waals surface area contributed by atoms with Crippen LogP contribution >= 0.6 is 0 Å². The van der Waals surface area contributed by atoms with E-state index in [0.29, 0.717) is 18.0 Å². The third kappa shape index (κ3) is 4.29. The Bertz CT molecular complexity index is 526. The van der Waals surface area contributed by atoms with Crippen LogP contribution in [0.4, 0.5) is 0 Å². The van der Waals surface area contributed by atoms with Gasteiger partial charge in [0.2, 0.25) is 5.91 Å². The lowest BCUT2D eigenvalue weighted by Crippen LogP contribution is -2.39. The Balaban J connectivity index is 1.93. The molecule has 0 radical (unpaired) electrons. The zero-order valence-corrected chi connectivity index (χ0v) is 12.7. The first-order valence-electron chi connectivity index (χ1n) is 7.44. The average molecular weight is 289 g/mol. The number of benzene rings is 1. The largest absolute Gasteiger partial charge is 0.354 e. The molecule has 1 aromatic rings. The summed E-state index contributed by atoms with van der Waals surface area (Å²) >= 11 is 0. The van der Waals surface area contributed by atoms with Gasteiger partial charge >= 0.3 is 0 Å². The number of hydrogen-bond donors (Lipinski definition) is 3. The minimum atomic E-state index is -0.173. The van der Waals surface area contributed by atoms with Crippen LogP contribution in [0.1, 0.15) is 35.3 Å². The molecule has 2 amide bonds. The van der Waals surface area contributed by atoms with E-state index in [2.05, 4.69) is 16.0 Å². The molecular formula is C16H23N3O2. The Labute approximate surface area is 125 Å². The number of amides is 2. The van der Waals surface area contributed by atoms with Gasteiger partial charge in [-0.25, -0.2) is 0 Å². The standard InChI is InChI=1S/C16H23N3O2/c1-11(2)8-18-15(20)10-19-16(21)14-5-3-4-12-9-17-7-6-13(12)14/h3-5,11,17H,6-10H2,1-2H3,(H,18,20)(H,19,21). The van der Waals surface area contributed by atoms with E-state index in [1.807, 2.05) is 32.0 Å². The summed E-state index contributed by atoms with van der Waals surface area (Å²) in [6.07, 6.45) is 0.846. The highest BCUT2D eigenvalue weighted by Crippen LogP contribution is 2.18. The predicted octanol–water partition coefficient (Wildman–Crippen LogP) is 0.834. The van der Waals surface area contributed by atoms with E-state index in [1.54, 1.807) is 0 Å². The molecule has 0 spiro atoms. The van der Waals surface area contributed by atoms with Crippen molar-refractivity contribution in [2.45, 2.75) is 26.8 Å². The molecule has 1 aliphatic heterocycles. The number of fused-ring (bicyclic) bond motifs is 1. The zero-order chi connectivity index (χ0) is 15.2. The Morgan fingerprint density at radius 2 is 2.10 bits per heavy atom. The maximum Gasteiger partial charge on any atom is 0.252 e. The van der Waals surface area contributed by atoms with Crippen LogP contribution < -0.4 is 16.0 Å². The molecule has 21 heavy (non-hydrogen) atoms. The van der Waals surface area contributed by atoms with Gasteiger partial charge in [0, 0.05) is 18.7 Å². The first-order chi connectivity index (χ1) is 10.1. The van der Waals surface area contributed by atoms with Crippen LogP contribution in [0.25, 0.3) is 0 Å². The van der Waals surface area contributed by atoms with Gasteiger partial charge < -0.3 is 16.0 Å².